The number of aromatic hydroxyl groups is 1. The molecule has 1 aliphatic carbocycles. The van der Waals surface area contributed by atoms with Crippen LogP contribution in [0.4, 0.5) is 0 Å². The van der Waals surface area contributed by atoms with Crippen LogP contribution in [-0.2, 0) is 6.42 Å². The summed E-state index contributed by atoms with van der Waals surface area (Å²) in [7, 11) is 0. The van der Waals surface area contributed by atoms with Crippen LogP contribution in [0, 0.1) is 0 Å². The van der Waals surface area contributed by atoms with Gasteiger partial charge in [0, 0.05) is 59.0 Å². The fourth-order valence-electron chi connectivity index (χ4n) is 7.69. The third-order valence-electron chi connectivity index (χ3n) is 9.69. The third-order valence-corrected chi connectivity index (χ3v) is 10.9. The van der Waals surface area contributed by atoms with Crippen molar-refractivity contribution in [2.24, 2.45) is 0 Å². The van der Waals surface area contributed by atoms with Gasteiger partial charge in [0.25, 0.3) is 0 Å². The van der Waals surface area contributed by atoms with Gasteiger partial charge in [-0.1, -0.05) is 78.9 Å². The number of allylic oxidation sites excluding steroid dienone is 1. The number of aryl methyl sites for hydroxylation is 1. The van der Waals surface area contributed by atoms with E-state index in [-0.39, 0.29) is 0 Å². The van der Waals surface area contributed by atoms with Crippen molar-refractivity contribution in [1.29, 1.82) is 0 Å². The molecule has 6 aromatic carbocycles. The second-order valence-electron chi connectivity index (χ2n) is 12.2. The van der Waals surface area contributed by atoms with Gasteiger partial charge in [-0.2, -0.15) is 0 Å². The van der Waals surface area contributed by atoms with Crippen molar-refractivity contribution in [2.75, 3.05) is 0 Å². The summed E-state index contributed by atoms with van der Waals surface area (Å²) in [4.78, 5) is 0. The van der Waals surface area contributed by atoms with Gasteiger partial charge < -0.3 is 14.2 Å². The van der Waals surface area contributed by atoms with Crippen LogP contribution in [0.25, 0.3) is 81.5 Å². The first-order valence-electron chi connectivity index (χ1n) is 15.8. The maximum Gasteiger partial charge on any atom is 0.123 e. The fraction of sp³-hybridized carbons (Fsp3) is 0.0476. The summed E-state index contributed by atoms with van der Waals surface area (Å²) in [6.45, 7) is 0. The molecule has 3 aromatic heterocycles. The van der Waals surface area contributed by atoms with Gasteiger partial charge in [-0.25, -0.2) is 0 Å². The van der Waals surface area contributed by atoms with Gasteiger partial charge in [-0.3, -0.25) is 0 Å². The van der Waals surface area contributed by atoms with E-state index in [1.807, 2.05) is 29.5 Å². The third kappa shape index (κ3) is 3.59. The molecule has 3 heterocycles. The number of fused-ring (bicyclic) bond motifs is 10. The highest BCUT2D eigenvalue weighted by atomic mass is 32.1. The Balaban J connectivity index is 1.21. The highest BCUT2D eigenvalue weighted by molar-refractivity contribution is 7.26. The molecule has 3 nitrogen and oxygen atoms in total. The normalized spacial score (nSPS) is 13.0. The van der Waals surface area contributed by atoms with Crippen LogP contribution >= 0.6 is 11.3 Å². The first kappa shape index (κ1) is 25.7. The lowest BCUT2D eigenvalue weighted by molar-refractivity contribution is 0.477. The van der Waals surface area contributed by atoms with Crippen molar-refractivity contribution in [3.63, 3.8) is 0 Å². The fourth-order valence-corrected chi connectivity index (χ4v) is 8.94. The Labute approximate surface area is 269 Å². The molecule has 0 amide bonds. The van der Waals surface area contributed by atoms with Crippen LogP contribution in [0.1, 0.15) is 17.7 Å². The van der Waals surface area contributed by atoms with Gasteiger partial charge in [0.05, 0.1) is 16.6 Å². The van der Waals surface area contributed by atoms with Gasteiger partial charge in [-0.15, -0.1) is 11.3 Å². The van der Waals surface area contributed by atoms with E-state index >= 15 is 0 Å². The predicted molar refractivity (Wildman–Crippen MR) is 195 cm³/mol. The number of hydrogen-bond acceptors (Lipinski definition) is 2. The maximum atomic E-state index is 10.6. The SMILES string of the molecule is Oc1ccccc1-c1cccc(-n2c3c(c4c5sc6ccc(-n7c8ccccc8c8ccccc87)cc6c5ccc42)CCC=C3)c1. The Morgan fingerprint density at radius 3 is 2.17 bits per heavy atom. The number of hydrogen-bond donors (Lipinski definition) is 1. The second-order valence-corrected chi connectivity index (χ2v) is 13.2. The zero-order valence-electron chi connectivity index (χ0n) is 24.9. The number of nitrogens with zero attached hydrogens (tertiary/aromatic N) is 2. The molecule has 0 aliphatic heterocycles. The highest BCUT2D eigenvalue weighted by Gasteiger charge is 2.23. The van der Waals surface area contributed by atoms with Crippen LogP contribution in [0.3, 0.4) is 0 Å². The summed E-state index contributed by atoms with van der Waals surface area (Å²) >= 11 is 1.91. The van der Waals surface area contributed by atoms with Crippen LogP contribution in [-0.4, -0.2) is 14.2 Å². The number of phenols is 1. The molecular formula is C42H28N2OS. The minimum Gasteiger partial charge on any atom is -0.507 e. The molecule has 0 saturated heterocycles. The number of aromatic nitrogens is 2. The van der Waals surface area contributed by atoms with E-state index in [0.29, 0.717) is 5.75 Å². The van der Waals surface area contributed by atoms with E-state index in [1.165, 1.54) is 69.8 Å². The Bertz CT molecular complexity index is 2670. The average Bonchev–Trinajstić information content (AvgIpc) is 3.76. The van der Waals surface area contributed by atoms with Crippen molar-refractivity contribution >= 4 is 70.3 Å². The monoisotopic (exact) mass is 608 g/mol. The molecule has 10 rings (SSSR count). The molecule has 0 spiro atoms. The number of thiophene rings is 1. The average molecular weight is 609 g/mol. The highest BCUT2D eigenvalue weighted by Crippen LogP contribution is 2.45. The molecule has 46 heavy (non-hydrogen) atoms. The van der Waals surface area contributed by atoms with Crippen molar-refractivity contribution in [3.8, 4) is 28.3 Å². The lowest BCUT2D eigenvalue weighted by atomic mass is 9.99. The van der Waals surface area contributed by atoms with Crippen LogP contribution in [0.15, 0.2) is 133 Å². The van der Waals surface area contributed by atoms with Gasteiger partial charge in [0.15, 0.2) is 0 Å². The molecule has 1 aliphatic rings. The Kier molecular flexibility index (Phi) is 5.43. The van der Waals surface area contributed by atoms with Gasteiger partial charge in [0.2, 0.25) is 0 Å². The Morgan fingerprint density at radius 1 is 0.587 bits per heavy atom. The standard InChI is InChI=1S/C42H28N2OS/c45-39-19-8-4-12-29(39)26-10-9-11-27(24-26)44-37-18-7-3-15-33(37)41-38(44)22-21-32-34-25-28(20-23-40(34)46-42(32)41)43-35-16-5-1-13-30(35)31-14-2-6-17-36(31)43/h1-2,4-14,16-25,45H,3,15H2. The van der Waals surface area contributed by atoms with E-state index in [0.717, 1.165) is 29.7 Å². The van der Waals surface area contributed by atoms with E-state index in [9.17, 15) is 5.11 Å². The molecule has 0 fully saturated rings. The number of benzene rings is 6. The van der Waals surface area contributed by atoms with Crippen molar-refractivity contribution in [2.45, 2.75) is 12.8 Å². The summed E-state index contributed by atoms with van der Waals surface area (Å²) in [6, 6.07) is 45.2. The lowest BCUT2D eigenvalue weighted by Crippen LogP contribution is -2.00. The number of phenolic OH excluding ortho intramolecular Hbond substituents is 1. The zero-order valence-corrected chi connectivity index (χ0v) is 25.8. The minimum absolute atomic E-state index is 0.297. The second kappa shape index (κ2) is 9.71. The van der Waals surface area contributed by atoms with Gasteiger partial charge in [-0.05, 0) is 84.6 Å². The first-order chi connectivity index (χ1) is 22.7. The smallest absolute Gasteiger partial charge is 0.123 e. The zero-order chi connectivity index (χ0) is 30.4. The van der Waals surface area contributed by atoms with Crippen molar-refractivity contribution < 1.29 is 5.11 Å². The maximum absolute atomic E-state index is 10.6. The summed E-state index contributed by atoms with van der Waals surface area (Å²) in [6.07, 6.45) is 6.66. The van der Waals surface area contributed by atoms with Crippen molar-refractivity contribution in [3.05, 3.63) is 145 Å². The first-order valence-corrected chi connectivity index (χ1v) is 16.6. The molecule has 0 bridgehead atoms. The molecule has 1 N–H and O–H groups in total. The topological polar surface area (TPSA) is 30.1 Å². The summed E-state index contributed by atoms with van der Waals surface area (Å²) < 4.78 is 7.49. The molecule has 218 valence electrons. The van der Waals surface area contributed by atoms with Crippen molar-refractivity contribution in [1.82, 2.24) is 9.13 Å². The largest absolute Gasteiger partial charge is 0.507 e. The molecule has 0 atom stereocenters. The van der Waals surface area contributed by atoms with Crippen LogP contribution in [0.2, 0.25) is 0 Å². The van der Waals surface area contributed by atoms with Gasteiger partial charge >= 0.3 is 0 Å². The molecular weight excluding hydrogens is 581 g/mol. The summed E-state index contributed by atoms with van der Waals surface area (Å²) in [5, 5.41) is 17.1. The molecule has 0 saturated carbocycles. The van der Waals surface area contributed by atoms with E-state index in [2.05, 4.69) is 124 Å². The molecule has 0 radical (unpaired) electrons. The molecule has 9 aromatic rings. The van der Waals surface area contributed by atoms with Crippen LogP contribution < -0.4 is 0 Å². The summed E-state index contributed by atoms with van der Waals surface area (Å²) in [5.74, 6) is 0.297. The number of rotatable bonds is 3. The quantitative estimate of drug-likeness (QED) is 0.212. The van der Waals surface area contributed by atoms with E-state index < -0.39 is 0 Å². The van der Waals surface area contributed by atoms with Gasteiger partial charge in [0.1, 0.15) is 5.75 Å². The molecule has 0 unspecified atom stereocenters. The predicted octanol–water partition coefficient (Wildman–Crippen LogP) is 11.4. The van der Waals surface area contributed by atoms with E-state index in [4.69, 9.17) is 0 Å². The Morgan fingerprint density at radius 2 is 1.35 bits per heavy atom. The van der Waals surface area contributed by atoms with Crippen LogP contribution in [0.5, 0.6) is 5.75 Å². The minimum atomic E-state index is 0.297. The van der Waals surface area contributed by atoms with E-state index in [1.54, 1.807) is 6.07 Å². The summed E-state index contributed by atoms with van der Waals surface area (Å²) in [5.41, 5.74) is 10.5. The molecule has 4 heteroatoms. The lowest BCUT2D eigenvalue weighted by Gasteiger charge is -2.13. The Hall–Kier alpha value is -5.58. The number of para-hydroxylation sites is 3.